The van der Waals surface area contributed by atoms with E-state index in [0.29, 0.717) is 0 Å². The Kier molecular flexibility index (Phi) is 4.63. The minimum absolute atomic E-state index is 0.426. The van der Waals surface area contributed by atoms with Gasteiger partial charge in [-0.2, -0.15) is 22.0 Å². The van der Waals surface area contributed by atoms with Gasteiger partial charge in [-0.15, -0.1) is 0 Å². The maximum Gasteiger partial charge on any atom is 0.428 e. The van der Waals surface area contributed by atoms with E-state index in [4.69, 9.17) is 0 Å². The van der Waals surface area contributed by atoms with Gasteiger partial charge in [0.05, 0.1) is 0 Å². The molecule has 0 heterocycles. The Bertz CT molecular complexity index is 265. The van der Waals surface area contributed by atoms with Gasteiger partial charge in [0.1, 0.15) is 0 Å². The molecule has 0 rings (SSSR count). The van der Waals surface area contributed by atoms with E-state index >= 15 is 0 Å². The molecular formula is C7H6F6O2. The number of hydrogen-bond donors (Lipinski definition) is 0. The molecule has 0 aromatic heterocycles. The molecule has 0 fully saturated rings. The number of halogens is 6. The molecule has 1 unspecified atom stereocenters. The summed E-state index contributed by atoms with van der Waals surface area (Å²) < 4.78 is 74.7. The van der Waals surface area contributed by atoms with Gasteiger partial charge in [-0.3, -0.25) is 0 Å². The number of ether oxygens (including phenoxy) is 1. The van der Waals surface area contributed by atoms with Crippen molar-refractivity contribution in [3.63, 3.8) is 0 Å². The Morgan fingerprint density at radius 1 is 1.33 bits per heavy atom. The van der Waals surface area contributed by atoms with Crippen LogP contribution in [0.25, 0.3) is 0 Å². The number of carbonyl (C=O) groups excluding carboxylic acids is 1. The molecule has 0 saturated carbocycles. The van der Waals surface area contributed by atoms with Crippen molar-refractivity contribution in [2.45, 2.75) is 25.9 Å². The first-order chi connectivity index (χ1) is 6.70. The number of rotatable bonds is 3. The van der Waals surface area contributed by atoms with Crippen LogP contribution in [0.3, 0.4) is 0 Å². The van der Waals surface area contributed by atoms with Crippen LogP contribution in [-0.2, 0) is 9.53 Å². The maximum atomic E-state index is 12.3. The van der Waals surface area contributed by atoms with Crippen molar-refractivity contribution in [1.29, 1.82) is 0 Å². The van der Waals surface area contributed by atoms with Crippen LogP contribution in [0.4, 0.5) is 26.3 Å². The highest BCUT2D eigenvalue weighted by Crippen LogP contribution is 2.30. The summed E-state index contributed by atoms with van der Waals surface area (Å²) in [6.07, 6.45) is -11.6. The second kappa shape index (κ2) is 5.04. The minimum Gasteiger partial charge on any atom is -0.427 e. The van der Waals surface area contributed by atoms with Crippen LogP contribution in [0.2, 0.25) is 0 Å². The van der Waals surface area contributed by atoms with Gasteiger partial charge in [-0.05, 0) is 0 Å². The van der Waals surface area contributed by atoms with Crippen LogP contribution in [0.15, 0.2) is 11.7 Å². The van der Waals surface area contributed by atoms with Crippen molar-refractivity contribution in [1.82, 2.24) is 0 Å². The van der Waals surface area contributed by atoms with E-state index in [2.05, 4.69) is 4.74 Å². The summed E-state index contributed by atoms with van der Waals surface area (Å²) in [5.74, 6) is -2.42. The summed E-state index contributed by atoms with van der Waals surface area (Å²) in [5, 5.41) is 0. The maximum absolute atomic E-state index is 12.3. The second-order valence-corrected chi connectivity index (χ2v) is 2.36. The van der Waals surface area contributed by atoms with Crippen LogP contribution >= 0.6 is 0 Å². The number of hydrogen-bond acceptors (Lipinski definition) is 2. The largest absolute Gasteiger partial charge is 0.428 e. The van der Waals surface area contributed by atoms with Gasteiger partial charge in [0, 0.05) is 6.42 Å². The van der Waals surface area contributed by atoms with Crippen LogP contribution < -0.4 is 0 Å². The van der Waals surface area contributed by atoms with Crippen molar-refractivity contribution in [3.8, 4) is 0 Å². The highest BCUT2D eigenvalue weighted by atomic mass is 19.4. The van der Waals surface area contributed by atoms with E-state index in [1.54, 1.807) is 0 Å². The summed E-state index contributed by atoms with van der Waals surface area (Å²) in [7, 11) is 0. The van der Waals surface area contributed by atoms with Crippen LogP contribution in [0.1, 0.15) is 13.3 Å². The van der Waals surface area contributed by atoms with E-state index in [-0.39, 0.29) is 0 Å². The third-order valence-corrected chi connectivity index (χ3v) is 1.23. The van der Waals surface area contributed by atoms with E-state index in [1.807, 2.05) is 0 Å². The quantitative estimate of drug-likeness (QED) is 0.427. The van der Waals surface area contributed by atoms with Crippen molar-refractivity contribution >= 4 is 5.97 Å². The highest BCUT2D eigenvalue weighted by Gasteiger charge is 2.44. The van der Waals surface area contributed by atoms with Crippen LogP contribution in [0.5, 0.6) is 0 Å². The van der Waals surface area contributed by atoms with E-state index < -0.39 is 36.6 Å². The Morgan fingerprint density at radius 3 is 2.07 bits per heavy atom. The molecule has 0 aliphatic carbocycles. The van der Waals surface area contributed by atoms with Crippen LogP contribution in [-0.4, -0.2) is 18.5 Å². The van der Waals surface area contributed by atoms with Gasteiger partial charge in [0.15, 0.2) is 0 Å². The number of esters is 1. The van der Waals surface area contributed by atoms with Gasteiger partial charge in [-0.25, -0.2) is 9.18 Å². The molecule has 88 valence electrons. The molecular weight excluding hydrogens is 230 g/mol. The molecule has 0 aromatic rings. The molecule has 15 heavy (non-hydrogen) atoms. The first kappa shape index (κ1) is 13.8. The van der Waals surface area contributed by atoms with Gasteiger partial charge >= 0.3 is 12.1 Å². The lowest BCUT2D eigenvalue weighted by molar-refractivity contribution is -0.164. The van der Waals surface area contributed by atoms with Crippen LogP contribution in [0, 0.1) is 0 Å². The molecule has 0 aliphatic rings. The van der Waals surface area contributed by atoms with Gasteiger partial charge in [0.25, 0.3) is 6.08 Å². The van der Waals surface area contributed by atoms with Gasteiger partial charge in [0.2, 0.25) is 11.9 Å². The molecule has 0 N–H and O–H groups in total. The third-order valence-electron chi connectivity index (χ3n) is 1.23. The average molecular weight is 236 g/mol. The monoisotopic (exact) mass is 236 g/mol. The second-order valence-electron chi connectivity index (χ2n) is 2.36. The summed E-state index contributed by atoms with van der Waals surface area (Å²) in [5.41, 5.74) is -2.78. The summed E-state index contributed by atoms with van der Waals surface area (Å²) >= 11 is 0. The molecule has 0 spiro atoms. The summed E-state index contributed by atoms with van der Waals surface area (Å²) in [4.78, 5) is 10.5. The van der Waals surface area contributed by atoms with E-state index in [0.717, 1.165) is 0 Å². The molecule has 2 nitrogen and oxygen atoms in total. The number of carbonyl (C=O) groups is 1. The Hall–Kier alpha value is -1.21. The zero-order chi connectivity index (χ0) is 12.2. The van der Waals surface area contributed by atoms with Crippen molar-refractivity contribution < 1.29 is 35.9 Å². The van der Waals surface area contributed by atoms with Crippen molar-refractivity contribution in [2.24, 2.45) is 0 Å². The fourth-order valence-corrected chi connectivity index (χ4v) is 0.558. The SMILES string of the molecule is CCC(F)OC(=O)C(=C(F)F)C(F)(F)F. The van der Waals surface area contributed by atoms with Gasteiger partial charge < -0.3 is 4.74 Å². The predicted molar refractivity (Wildman–Crippen MR) is 36.6 cm³/mol. The fourth-order valence-electron chi connectivity index (χ4n) is 0.558. The lowest BCUT2D eigenvalue weighted by Gasteiger charge is -2.11. The first-order valence-corrected chi connectivity index (χ1v) is 3.67. The summed E-state index contributed by atoms with van der Waals surface area (Å²) in [6, 6.07) is 0. The van der Waals surface area contributed by atoms with Gasteiger partial charge in [-0.1, -0.05) is 6.92 Å². The molecule has 0 aliphatic heterocycles. The molecule has 0 radical (unpaired) electrons. The smallest absolute Gasteiger partial charge is 0.427 e. The minimum atomic E-state index is -5.57. The van der Waals surface area contributed by atoms with Crippen molar-refractivity contribution in [2.75, 3.05) is 0 Å². The normalized spacial score (nSPS) is 13.3. The molecule has 0 aromatic carbocycles. The topological polar surface area (TPSA) is 26.3 Å². The highest BCUT2D eigenvalue weighted by molar-refractivity contribution is 5.90. The zero-order valence-electron chi connectivity index (χ0n) is 7.37. The molecule has 1 atom stereocenters. The molecule has 0 saturated heterocycles. The number of alkyl halides is 4. The molecule has 0 bridgehead atoms. The Morgan fingerprint density at radius 2 is 1.80 bits per heavy atom. The Labute approximate surface area is 80.5 Å². The van der Waals surface area contributed by atoms with E-state index in [1.165, 1.54) is 6.92 Å². The van der Waals surface area contributed by atoms with E-state index in [9.17, 15) is 31.1 Å². The molecule has 0 amide bonds. The predicted octanol–water partition coefficient (Wildman–Crippen LogP) is 2.95. The van der Waals surface area contributed by atoms with Crippen molar-refractivity contribution in [3.05, 3.63) is 11.7 Å². The Balaban J connectivity index is 4.85. The molecule has 8 heteroatoms. The fraction of sp³-hybridized carbons (Fsp3) is 0.571. The average Bonchev–Trinajstić information content (AvgIpc) is 1.99. The summed E-state index contributed by atoms with van der Waals surface area (Å²) in [6.45, 7) is 1.17. The zero-order valence-corrected chi connectivity index (χ0v) is 7.37. The lowest BCUT2D eigenvalue weighted by atomic mass is 10.3. The standard InChI is InChI=1S/C7H6F6O2/c1-2-3(8)15-6(14)4(5(9)10)7(11,12)13/h3H,2H2,1H3. The third kappa shape index (κ3) is 4.22. The lowest BCUT2D eigenvalue weighted by Crippen LogP contribution is -2.25. The first-order valence-electron chi connectivity index (χ1n) is 3.67.